The summed E-state index contributed by atoms with van der Waals surface area (Å²) in [5, 5.41) is 0. The van der Waals surface area contributed by atoms with Crippen molar-refractivity contribution in [3.63, 3.8) is 0 Å². The van der Waals surface area contributed by atoms with Crippen LogP contribution >= 0.6 is 0 Å². The van der Waals surface area contributed by atoms with E-state index in [1.807, 2.05) is 56.0 Å². The van der Waals surface area contributed by atoms with Gasteiger partial charge in [-0.15, -0.1) is 0 Å². The van der Waals surface area contributed by atoms with E-state index < -0.39 is 6.10 Å². The van der Waals surface area contributed by atoms with Crippen LogP contribution in [0.5, 0.6) is 5.75 Å². The van der Waals surface area contributed by atoms with Gasteiger partial charge in [0.1, 0.15) is 5.75 Å². The molecule has 2 fully saturated rings. The molecule has 0 N–H and O–H groups in total. The predicted molar refractivity (Wildman–Crippen MR) is 90.7 cm³/mol. The van der Waals surface area contributed by atoms with E-state index in [9.17, 15) is 4.79 Å². The number of carbonyl (C=O) groups is 1. The summed E-state index contributed by atoms with van der Waals surface area (Å²) in [6.07, 6.45) is 9.52. The van der Waals surface area contributed by atoms with Gasteiger partial charge in [-0.25, -0.2) is 4.98 Å². The molecule has 24 heavy (non-hydrogen) atoms. The Balaban J connectivity index is 1.44. The lowest BCUT2D eigenvalue weighted by molar-refractivity contribution is -0.143. The van der Waals surface area contributed by atoms with Crippen LogP contribution in [0.4, 0.5) is 0 Å². The second-order valence-electron chi connectivity index (χ2n) is 6.84. The van der Waals surface area contributed by atoms with Gasteiger partial charge in [0.05, 0.1) is 6.33 Å². The van der Waals surface area contributed by atoms with E-state index in [1.54, 1.807) is 0 Å². The minimum Gasteiger partial charge on any atom is -0.481 e. The van der Waals surface area contributed by atoms with Gasteiger partial charge in [0.2, 0.25) is 0 Å². The first kappa shape index (κ1) is 15.2. The Bertz CT molecular complexity index is 672. The number of rotatable bonds is 4. The van der Waals surface area contributed by atoms with Gasteiger partial charge in [0, 0.05) is 30.5 Å². The first-order chi connectivity index (χ1) is 11.7. The first-order valence-electron chi connectivity index (χ1n) is 8.73. The van der Waals surface area contributed by atoms with Gasteiger partial charge >= 0.3 is 0 Å². The van der Waals surface area contributed by atoms with Crippen molar-refractivity contribution in [1.82, 2.24) is 14.5 Å². The molecule has 1 aromatic carbocycles. The van der Waals surface area contributed by atoms with Crippen molar-refractivity contribution < 1.29 is 9.53 Å². The summed E-state index contributed by atoms with van der Waals surface area (Å²) in [6.45, 7) is 1.86. The zero-order chi connectivity index (χ0) is 16.5. The molecule has 2 bridgehead atoms. The molecule has 3 unspecified atom stereocenters. The molecule has 2 aliphatic heterocycles. The predicted octanol–water partition coefficient (Wildman–Crippen LogP) is 3.05. The van der Waals surface area contributed by atoms with Gasteiger partial charge in [0.15, 0.2) is 6.10 Å². The number of aromatic nitrogens is 2. The summed E-state index contributed by atoms with van der Waals surface area (Å²) in [7, 11) is 0. The second-order valence-corrected chi connectivity index (χ2v) is 6.84. The Morgan fingerprint density at radius 1 is 1.17 bits per heavy atom. The molecule has 3 heterocycles. The SMILES string of the molecule is CC(Oc1ccccc1)C(=O)N1C2CCC1CC(n1ccnc1)C2. The number of fused-ring (bicyclic) bond motifs is 2. The van der Waals surface area contributed by atoms with Crippen molar-refractivity contribution in [3.05, 3.63) is 49.1 Å². The average Bonchev–Trinajstić information content (AvgIpc) is 3.22. The smallest absolute Gasteiger partial charge is 0.263 e. The summed E-state index contributed by atoms with van der Waals surface area (Å²) in [4.78, 5) is 19.2. The van der Waals surface area contributed by atoms with Crippen molar-refractivity contribution >= 4 is 5.91 Å². The molecule has 0 saturated carbocycles. The Labute approximate surface area is 142 Å². The lowest BCUT2D eigenvalue weighted by atomic mass is 9.96. The zero-order valence-electron chi connectivity index (χ0n) is 13.9. The van der Waals surface area contributed by atoms with E-state index in [-0.39, 0.29) is 5.91 Å². The third kappa shape index (κ3) is 2.79. The van der Waals surface area contributed by atoms with E-state index >= 15 is 0 Å². The highest BCUT2D eigenvalue weighted by molar-refractivity contribution is 5.82. The lowest BCUT2D eigenvalue weighted by Crippen LogP contribution is -2.51. The number of nitrogens with zero attached hydrogens (tertiary/aromatic N) is 3. The fraction of sp³-hybridized carbons (Fsp3) is 0.474. The molecule has 3 atom stereocenters. The van der Waals surface area contributed by atoms with Crippen molar-refractivity contribution in [2.24, 2.45) is 0 Å². The highest BCUT2D eigenvalue weighted by atomic mass is 16.5. The number of carbonyl (C=O) groups excluding carboxylic acids is 1. The van der Waals surface area contributed by atoms with Crippen LogP contribution in [0.1, 0.15) is 38.6 Å². The maximum Gasteiger partial charge on any atom is 0.263 e. The molecular formula is C19H23N3O2. The molecule has 2 saturated heterocycles. The standard InChI is InChI=1S/C19H23N3O2/c1-14(24-18-5-3-2-4-6-18)19(23)22-15-7-8-16(22)12-17(11-15)21-10-9-20-13-21/h2-6,9-10,13-17H,7-8,11-12H2,1H3. The number of ether oxygens (including phenoxy) is 1. The number of benzene rings is 1. The average molecular weight is 325 g/mol. The quantitative estimate of drug-likeness (QED) is 0.868. The Kier molecular flexibility index (Phi) is 4.00. The Morgan fingerprint density at radius 3 is 2.50 bits per heavy atom. The van der Waals surface area contributed by atoms with Gasteiger partial charge in [-0.1, -0.05) is 18.2 Å². The Hall–Kier alpha value is -2.30. The number of hydrogen-bond acceptors (Lipinski definition) is 3. The summed E-state index contributed by atoms with van der Waals surface area (Å²) in [5.74, 6) is 0.870. The highest BCUT2D eigenvalue weighted by Crippen LogP contribution is 2.41. The highest BCUT2D eigenvalue weighted by Gasteiger charge is 2.44. The molecule has 126 valence electrons. The van der Waals surface area contributed by atoms with Gasteiger partial charge < -0.3 is 14.2 Å². The molecule has 5 nitrogen and oxygen atoms in total. The molecule has 0 spiro atoms. The number of piperidine rings is 1. The molecule has 0 aliphatic carbocycles. The van der Waals surface area contributed by atoms with E-state index in [0.29, 0.717) is 18.1 Å². The molecular weight excluding hydrogens is 302 g/mol. The van der Waals surface area contributed by atoms with Crippen LogP contribution in [0.15, 0.2) is 49.1 Å². The topological polar surface area (TPSA) is 47.4 Å². The van der Waals surface area contributed by atoms with Crippen LogP contribution in [0, 0.1) is 0 Å². The molecule has 1 aromatic heterocycles. The van der Waals surface area contributed by atoms with Gasteiger partial charge in [-0.3, -0.25) is 4.79 Å². The van der Waals surface area contributed by atoms with Crippen LogP contribution < -0.4 is 4.74 Å². The molecule has 0 radical (unpaired) electrons. The van der Waals surface area contributed by atoms with Gasteiger partial charge in [-0.2, -0.15) is 0 Å². The number of hydrogen-bond donors (Lipinski definition) is 0. The van der Waals surface area contributed by atoms with Crippen LogP contribution in [0.25, 0.3) is 0 Å². The molecule has 2 aromatic rings. The summed E-state index contributed by atoms with van der Waals surface area (Å²) in [5.41, 5.74) is 0. The minimum atomic E-state index is -0.444. The third-order valence-corrected chi connectivity index (χ3v) is 5.31. The maximum atomic E-state index is 12.9. The fourth-order valence-corrected chi connectivity index (χ4v) is 4.20. The normalized spacial score (nSPS) is 27.0. The zero-order valence-corrected chi connectivity index (χ0v) is 13.9. The monoisotopic (exact) mass is 325 g/mol. The summed E-state index contributed by atoms with van der Waals surface area (Å²) >= 11 is 0. The maximum absolute atomic E-state index is 12.9. The van der Waals surface area contributed by atoms with E-state index in [1.165, 1.54) is 0 Å². The van der Waals surface area contributed by atoms with Gasteiger partial charge in [0.25, 0.3) is 5.91 Å². The lowest BCUT2D eigenvalue weighted by Gasteiger charge is -2.40. The number of para-hydroxylation sites is 1. The number of amides is 1. The minimum absolute atomic E-state index is 0.121. The molecule has 5 heteroatoms. The van der Waals surface area contributed by atoms with E-state index in [2.05, 4.69) is 14.5 Å². The number of imidazole rings is 1. The van der Waals surface area contributed by atoms with Crippen LogP contribution in [-0.2, 0) is 4.79 Å². The van der Waals surface area contributed by atoms with E-state index in [4.69, 9.17) is 4.74 Å². The first-order valence-corrected chi connectivity index (χ1v) is 8.73. The van der Waals surface area contributed by atoms with Crippen molar-refractivity contribution in [2.45, 2.75) is 56.8 Å². The molecule has 1 amide bonds. The van der Waals surface area contributed by atoms with E-state index in [0.717, 1.165) is 31.4 Å². The van der Waals surface area contributed by atoms with Crippen molar-refractivity contribution in [2.75, 3.05) is 0 Å². The third-order valence-electron chi connectivity index (χ3n) is 5.31. The molecule has 2 aliphatic rings. The summed E-state index contributed by atoms with van der Waals surface area (Å²) in [6, 6.07) is 10.7. The fourth-order valence-electron chi connectivity index (χ4n) is 4.20. The van der Waals surface area contributed by atoms with Gasteiger partial charge in [-0.05, 0) is 44.7 Å². The van der Waals surface area contributed by atoms with Crippen LogP contribution in [0.2, 0.25) is 0 Å². The Morgan fingerprint density at radius 2 is 1.88 bits per heavy atom. The largest absolute Gasteiger partial charge is 0.481 e. The van der Waals surface area contributed by atoms with Crippen molar-refractivity contribution in [3.8, 4) is 5.75 Å². The van der Waals surface area contributed by atoms with Crippen LogP contribution in [-0.4, -0.2) is 38.5 Å². The van der Waals surface area contributed by atoms with Crippen molar-refractivity contribution in [1.29, 1.82) is 0 Å². The molecule has 4 rings (SSSR count). The second kappa shape index (κ2) is 6.30. The summed E-state index contributed by atoms with van der Waals surface area (Å²) < 4.78 is 8.04. The van der Waals surface area contributed by atoms with Crippen LogP contribution in [0.3, 0.4) is 0 Å².